The summed E-state index contributed by atoms with van der Waals surface area (Å²) in [6.07, 6.45) is 0.819. The van der Waals surface area contributed by atoms with Crippen molar-refractivity contribution in [1.29, 1.82) is 0 Å². The predicted octanol–water partition coefficient (Wildman–Crippen LogP) is 1.81. The molecule has 0 spiro atoms. The van der Waals surface area contributed by atoms with E-state index in [0.717, 1.165) is 35.6 Å². The minimum Gasteiger partial charge on any atom is -0.462 e. The number of benzene rings is 1. The number of anilines is 2. The lowest BCUT2D eigenvalue weighted by atomic mass is 10.0. The fraction of sp³-hybridized carbons (Fsp3) is 0.400. The molecule has 0 radical (unpaired) electrons. The Morgan fingerprint density at radius 1 is 1.26 bits per heavy atom. The van der Waals surface area contributed by atoms with E-state index in [0.29, 0.717) is 22.7 Å². The molecule has 6 nitrogen and oxygen atoms in total. The van der Waals surface area contributed by atoms with E-state index in [1.54, 1.807) is 19.1 Å². The van der Waals surface area contributed by atoms with Crippen LogP contribution >= 0.6 is 11.3 Å². The second kappa shape index (κ2) is 8.10. The molecular weight excluding hydrogens is 362 g/mol. The van der Waals surface area contributed by atoms with Crippen LogP contribution in [0.5, 0.6) is 0 Å². The average molecular weight is 389 g/mol. The zero-order chi connectivity index (χ0) is 19.6. The topological polar surface area (TPSA) is 63.1 Å². The summed E-state index contributed by atoms with van der Waals surface area (Å²) in [6.45, 7) is 3.93. The number of carbonyl (C=O) groups is 2. The van der Waals surface area contributed by atoms with Crippen LogP contribution in [0.4, 0.5) is 10.7 Å². The first-order chi connectivity index (χ1) is 12.9. The Kier molecular flexibility index (Phi) is 5.82. The molecule has 1 atom stereocenters. The molecule has 1 aliphatic heterocycles. The molecule has 144 valence electrons. The molecule has 3 rings (SSSR count). The van der Waals surface area contributed by atoms with Crippen LogP contribution in [-0.2, 0) is 17.7 Å². The Balaban J connectivity index is 1.89. The first-order valence-electron chi connectivity index (χ1n) is 9.12. The normalized spacial score (nSPS) is 15.8. The van der Waals surface area contributed by atoms with E-state index in [9.17, 15) is 9.59 Å². The molecule has 1 unspecified atom stereocenters. The number of nitrogens with one attached hydrogen (secondary N) is 2. The third kappa shape index (κ3) is 4.14. The largest absolute Gasteiger partial charge is 0.462 e. The molecule has 0 fully saturated rings. The highest BCUT2D eigenvalue weighted by Gasteiger charge is 2.30. The fourth-order valence-electron chi connectivity index (χ4n) is 3.21. The Morgan fingerprint density at radius 3 is 2.59 bits per heavy atom. The highest BCUT2D eigenvalue weighted by molar-refractivity contribution is 7.17. The lowest BCUT2D eigenvalue weighted by Crippen LogP contribution is -3.08. The van der Waals surface area contributed by atoms with Gasteiger partial charge in [-0.15, -0.1) is 11.3 Å². The molecule has 27 heavy (non-hydrogen) atoms. The van der Waals surface area contributed by atoms with Crippen molar-refractivity contribution in [2.24, 2.45) is 0 Å². The summed E-state index contributed by atoms with van der Waals surface area (Å²) in [5.74, 6) is -0.571. The summed E-state index contributed by atoms with van der Waals surface area (Å²) in [7, 11) is 6.04. The minimum absolute atomic E-state index is 0.217. The number of likely N-dealkylation sites (N-methyl/N-ethyl adjacent to an activating group) is 1. The third-order valence-corrected chi connectivity index (χ3v) is 5.85. The highest BCUT2D eigenvalue weighted by Crippen LogP contribution is 2.35. The van der Waals surface area contributed by atoms with Crippen molar-refractivity contribution in [2.45, 2.75) is 19.9 Å². The number of quaternary nitrogens is 1. The first kappa shape index (κ1) is 19.4. The zero-order valence-electron chi connectivity index (χ0n) is 16.2. The molecular formula is C20H26N3O3S+. The fourth-order valence-corrected chi connectivity index (χ4v) is 4.56. The number of hydrogen-bond acceptors (Lipinski definition) is 5. The summed E-state index contributed by atoms with van der Waals surface area (Å²) in [4.78, 5) is 29.8. The van der Waals surface area contributed by atoms with Gasteiger partial charge in [0.2, 0.25) is 0 Å². The predicted molar refractivity (Wildman–Crippen MR) is 108 cm³/mol. The van der Waals surface area contributed by atoms with Crippen LogP contribution < -0.4 is 15.1 Å². The van der Waals surface area contributed by atoms with Gasteiger partial charge < -0.3 is 19.9 Å². The Hall–Kier alpha value is -2.38. The number of fused-ring (bicyclic) bond motifs is 1. The van der Waals surface area contributed by atoms with Crippen LogP contribution in [0.25, 0.3) is 0 Å². The van der Waals surface area contributed by atoms with Crippen molar-refractivity contribution in [2.75, 3.05) is 44.5 Å². The average Bonchev–Trinajstić information content (AvgIpc) is 2.98. The van der Waals surface area contributed by atoms with E-state index in [2.05, 4.69) is 12.4 Å². The summed E-state index contributed by atoms with van der Waals surface area (Å²) in [5, 5.41) is 3.54. The van der Waals surface area contributed by atoms with Gasteiger partial charge in [0.25, 0.3) is 5.91 Å². The number of thiophene rings is 1. The number of hydrogen-bond donors (Lipinski definition) is 2. The molecule has 1 aliphatic rings. The van der Waals surface area contributed by atoms with Gasteiger partial charge in [-0.2, -0.15) is 0 Å². The Morgan fingerprint density at radius 2 is 1.96 bits per heavy atom. The summed E-state index contributed by atoms with van der Waals surface area (Å²) < 4.78 is 5.25. The van der Waals surface area contributed by atoms with E-state index < -0.39 is 0 Å². The maximum Gasteiger partial charge on any atom is 0.341 e. The number of carbonyl (C=O) groups excluding carboxylic acids is 2. The molecule has 1 aromatic heterocycles. The number of nitrogens with zero attached hydrogens (tertiary/aromatic N) is 1. The van der Waals surface area contributed by atoms with E-state index in [4.69, 9.17) is 4.74 Å². The molecule has 1 aromatic carbocycles. The van der Waals surface area contributed by atoms with Crippen molar-refractivity contribution < 1.29 is 19.2 Å². The zero-order valence-corrected chi connectivity index (χ0v) is 17.0. The van der Waals surface area contributed by atoms with Crippen LogP contribution in [0, 0.1) is 0 Å². The lowest BCUT2D eigenvalue weighted by Gasteiger charge is -2.19. The molecule has 2 N–H and O–H groups in total. The van der Waals surface area contributed by atoms with E-state index in [-0.39, 0.29) is 11.9 Å². The third-order valence-electron chi connectivity index (χ3n) is 4.71. The summed E-state index contributed by atoms with van der Waals surface area (Å²) in [5.41, 5.74) is 3.14. The van der Waals surface area contributed by atoms with Gasteiger partial charge in [-0.3, -0.25) is 4.79 Å². The van der Waals surface area contributed by atoms with Crippen molar-refractivity contribution >= 4 is 33.9 Å². The number of amides is 1. The van der Waals surface area contributed by atoms with Crippen LogP contribution in [0.3, 0.4) is 0 Å². The Bertz CT molecular complexity index is 843. The van der Waals surface area contributed by atoms with E-state index >= 15 is 0 Å². The second-order valence-corrected chi connectivity index (χ2v) is 8.06. The second-order valence-electron chi connectivity index (χ2n) is 6.96. The molecule has 0 bridgehead atoms. The van der Waals surface area contributed by atoms with Gasteiger partial charge in [-0.05, 0) is 36.8 Å². The molecule has 1 amide bonds. The van der Waals surface area contributed by atoms with Gasteiger partial charge in [-0.1, -0.05) is 0 Å². The number of rotatable bonds is 5. The maximum atomic E-state index is 12.7. The van der Waals surface area contributed by atoms with E-state index in [1.807, 2.05) is 31.1 Å². The number of esters is 1. The quantitative estimate of drug-likeness (QED) is 0.767. The summed E-state index contributed by atoms with van der Waals surface area (Å²) in [6, 6.07) is 7.39. The maximum absolute atomic E-state index is 12.7. The molecule has 0 saturated carbocycles. The standard InChI is InChI=1S/C20H25N3O3S/c1-5-26-20(25)17-15-10-11-23(4)12-16(15)27-19(17)21-18(24)13-6-8-14(9-7-13)22(2)3/h6-9H,5,10-12H2,1-4H3,(H,21,24)/p+1. The van der Waals surface area contributed by atoms with E-state index in [1.165, 1.54) is 16.2 Å². The van der Waals surface area contributed by atoms with Crippen LogP contribution in [0.1, 0.15) is 38.1 Å². The Labute approximate surface area is 163 Å². The number of ether oxygens (including phenoxy) is 1. The van der Waals surface area contributed by atoms with Gasteiger partial charge in [0.05, 0.1) is 30.6 Å². The van der Waals surface area contributed by atoms with Crippen LogP contribution in [-0.4, -0.2) is 46.2 Å². The van der Waals surface area contributed by atoms with Crippen molar-refractivity contribution in [3.8, 4) is 0 Å². The van der Waals surface area contributed by atoms with Crippen molar-refractivity contribution in [3.63, 3.8) is 0 Å². The molecule has 7 heteroatoms. The van der Waals surface area contributed by atoms with Gasteiger partial charge in [0.1, 0.15) is 11.5 Å². The monoisotopic (exact) mass is 388 g/mol. The van der Waals surface area contributed by atoms with Crippen molar-refractivity contribution in [3.05, 3.63) is 45.8 Å². The van der Waals surface area contributed by atoms with Gasteiger partial charge in [0, 0.05) is 31.8 Å². The minimum atomic E-state index is -0.354. The van der Waals surface area contributed by atoms with Crippen molar-refractivity contribution in [1.82, 2.24) is 0 Å². The molecule has 0 aliphatic carbocycles. The van der Waals surface area contributed by atoms with Gasteiger partial charge in [-0.25, -0.2) is 4.79 Å². The van der Waals surface area contributed by atoms with Gasteiger partial charge >= 0.3 is 5.97 Å². The molecule has 2 aromatic rings. The smallest absolute Gasteiger partial charge is 0.341 e. The lowest BCUT2D eigenvalue weighted by molar-refractivity contribution is -0.895. The molecule has 0 saturated heterocycles. The molecule has 2 heterocycles. The SMILES string of the molecule is CCOC(=O)c1c(NC(=O)c2ccc(N(C)C)cc2)sc2c1CC[NH+](C)C2. The highest BCUT2D eigenvalue weighted by atomic mass is 32.1. The van der Waals surface area contributed by atoms with Crippen LogP contribution in [0.2, 0.25) is 0 Å². The summed E-state index contributed by atoms with van der Waals surface area (Å²) >= 11 is 1.49. The first-order valence-corrected chi connectivity index (χ1v) is 9.94. The van der Waals surface area contributed by atoms with Gasteiger partial charge in [0.15, 0.2) is 0 Å². The van der Waals surface area contributed by atoms with Crippen LogP contribution in [0.15, 0.2) is 24.3 Å².